The molecule has 1 aliphatic heterocycles. The second-order valence-corrected chi connectivity index (χ2v) is 3.15. The first kappa shape index (κ1) is 5.42. The van der Waals surface area contributed by atoms with E-state index < -0.39 is 0 Å². The van der Waals surface area contributed by atoms with E-state index in [1.54, 1.807) is 0 Å². The lowest BCUT2D eigenvalue weighted by Crippen LogP contribution is -2.24. The standard InChI is InChI=1S/C7H11NO/c9-7-2-5-1-6(3-7)8-4-5/h5-6,8H,1-4H2/t5-,6+/m0/s1. The second-order valence-electron chi connectivity index (χ2n) is 3.15. The van der Waals surface area contributed by atoms with Crippen LogP contribution in [-0.4, -0.2) is 18.4 Å². The van der Waals surface area contributed by atoms with Gasteiger partial charge in [-0.2, -0.15) is 0 Å². The van der Waals surface area contributed by atoms with Gasteiger partial charge in [0, 0.05) is 18.9 Å². The summed E-state index contributed by atoms with van der Waals surface area (Å²) < 4.78 is 0. The van der Waals surface area contributed by atoms with Gasteiger partial charge in [0.15, 0.2) is 0 Å². The lowest BCUT2D eigenvalue weighted by molar-refractivity contribution is -0.121. The third-order valence-electron chi connectivity index (χ3n) is 2.30. The summed E-state index contributed by atoms with van der Waals surface area (Å²) in [5.41, 5.74) is 0. The van der Waals surface area contributed by atoms with Crippen molar-refractivity contribution in [2.75, 3.05) is 6.54 Å². The molecule has 0 aromatic heterocycles. The monoisotopic (exact) mass is 125 g/mol. The summed E-state index contributed by atoms with van der Waals surface area (Å²) >= 11 is 0. The van der Waals surface area contributed by atoms with E-state index in [0.29, 0.717) is 17.7 Å². The number of carbonyl (C=O) groups is 1. The molecule has 2 rings (SSSR count). The molecule has 1 aliphatic carbocycles. The summed E-state index contributed by atoms with van der Waals surface area (Å²) in [5.74, 6) is 1.14. The highest BCUT2D eigenvalue weighted by molar-refractivity contribution is 5.80. The quantitative estimate of drug-likeness (QED) is 0.505. The van der Waals surface area contributed by atoms with E-state index in [1.807, 2.05) is 0 Å². The molecule has 2 heteroatoms. The Balaban J connectivity index is 2.11. The minimum absolute atomic E-state index is 0.459. The molecule has 2 bridgehead atoms. The Bertz CT molecular complexity index is 130. The van der Waals surface area contributed by atoms with Crippen LogP contribution in [0.25, 0.3) is 0 Å². The first-order valence-electron chi connectivity index (χ1n) is 3.59. The van der Waals surface area contributed by atoms with Gasteiger partial charge >= 0.3 is 0 Å². The van der Waals surface area contributed by atoms with Gasteiger partial charge in [0.05, 0.1) is 0 Å². The van der Waals surface area contributed by atoms with Gasteiger partial charge < -0.3 is 5.32 Å². The van der Waals surface area contributed by atoms with Crippen LogP contribution < -0.4 is 5.32 Å². The van der Waals surface area contributed by atoms with E-state index in [2.05, 4.69) is 5.32 Å². The molecule has 1 saturated carbocycles. The predicted molar refractivity (Wildman–Crippen MR) is 34.1 cm³/mol. The Morgan fingerprint density at radius 3 is 3.11 bits per heavy atom. The largest absolute Gasteiger partial charge is 0.313 e. The highest BCUT2D eigenvalue weighted by Gasteiger charge is 2.32. The number of nitrogens with one attached hydrogen (secondary N) is 1. The molecule has 0 spiro atoms. The summed E-state index contributed by atoms with van der Waals surface area (Å²) in [5, 5.41) is 3.33. The molecule has 1 saturated heterocycles. The van der Waals surface area contributed by atoms with Crippen molar-refractivity contribution in [2.45, 2.75) is 25.3 Å². The zero-order valence-corrected chi connectivity index (χ0v) is 5.39. The average molecular weight is 125 g/mol. The fourth-order valence-electron chi connectivity index (χ4n) is 1.89. The predicted octanol–water partition coefficient (Wildman–Crippen LogP) is 0.327. The fraction of sp³-hybridized carbons (Fsp3) is 0.857. The molecule has 0 unspecified atom stereocenters. The molecule has 2 nitrogen and oxygen atoms in total. The van der Waals surface area contributed by atoms with Crippen molar-refractivity contribution in [3.63, 3.8) is 0 Å². The van der Waals surface area contributed by atoms with Gasteiger partial charge in [0.1, 0.15) is 5.78 Å². The summed E-state index contributed by atoms with van der Waals surface area (Å²) in [7, 11) is 0. The minimum Gasteiger partial charge on any atom is -0.313 e. The van der Waals surface area contributed by atoms with Crippen LogP contribution in [-0.2, 0) is 4.79 Å². The number of rotatable bonds is 0. The number of hydrogen-bond donors (Lipinski definition) is 1. The van der Waals surface area contributed by atoms with Crippen molar-refractivity contribution >= 4 is 5.78 Å². The molecular formula is C7H11NO. The van der Waals surface area contributed by atoms with Gasteiger partial charge in [0.2, 0.25) is 0 Å². The molecule has 0 amide bonds. The number of hydrogen-bond acceptors (Lipinski definition) is 2. The van der Waals surface area contributed by atoms with Gasteiger partial charge in [-0.05, 0) is 18.9 Å². The first-order chi connectivity index (χ1) is 4.34. The van der Waals surface area contributed by atoms with Gasteiger partial charge in [-0.1, -0.05) is 0 Å². The topological polar surface area (TPSA) is 29.1 Å². The highest BCUT2D eigenvalue weighted by atomic mass is 16.1. The Labute approximate surface area is 54.6 Å². The van der Waals surface area contributed by atoms with Crippen molar-refractivity contribution in [3.05, 3.63) is 0 Å². The summed E-state index contributed by atoms with van der Waals surface area (Å²) in [6.07, 6.45) is 2.87. The summed E-state index contributed by atoms with van der Waals surface area (Å²) in [4.78, 5) is 10.9. The zero-order chi connectivity index (χ0) is 6.27. The molecule has 1 N–H and O–H groups in total. The van der Waals surface area contributed by atoms with Gasteiger partial charge in [-0.25, -0.2) is 0 Å². The summed E-state index contributed by atoms with van der Waals surface area (Å²) in [6.45, 7) is 1.08. The molecule has 2 atom stereocenters. The van der Waals surface area contributed by atoms with Gasteiger partial charge in [0.25, 0.3) is 0 Å². The van der Waals surface area contributed by atoms with Crippen molar-refractivity contribution < 1.29 is 4.79 Å². The Morgan fingerprint density at radius 2 is 2.33 bits per heavy atom. The van der Waals surface area contributed by atoms with Crippen LogP contribution in [0.1, 0.15) is 19.3 Å². The van der Waals surface area contributed by atoms with Gasteiger partial charge in [-0.15, -0.1) is 0 Å². The molecule has 1 heterocycles. The number of fused-ring (bicyclic) bond motifs is 2. The van der Waals surface area contributed by atoms with Crippen molar-refractivity contribution in [2.24, 2.45) is 5.92 Å². The highest BCUT2D eigenvalue weighted by Crippen LogP contribution is 2.26. The van der Waals surface area contributed by atoms with Crippen molar-refractivity contribution in [1.82, 2.24) is 5.32 Å². The van der Waals surface area contributed by atoms with Crippen LogP contribution in [0.3, 0.4) is 0 Å². The van der Waals surface area contributed by atoms with Crippen molar-refractivity contribution in [1.29, 1.82) is 0 Å². The Kier molecular flexibility index (Phi) is 1.09. The first-order valence-corrected chi connectivity index (χ1v) is 3.59. The van der Waals surface area contributed by atoms with E-state index >= 15 is 0 Å². The third-order valence-corrected chi connectivity index (χ3v) is 2.30. The molecule has 2 fully saturated rings. The maximum absolute atomic E-state index is 10.9. The zero-order valence-electron chi connectivity index (χ0n) is 5.39. The number of carbonyl (C=O) groups excluding carboxylic acids is 1. The average Bonchev–Trinajstić information content (AvgIpc) is 2.11. The molecule has 2 aliphatic rings. The maximum Gasteiger partial charge on any atom is 0.134 e. The lowest BCUT2D eigenvalue weighted by atomic mass is 9.90. The number of Topliss-reactive ketones (excluding diaryl/α,β-unsaturated/α-hetero) is 1. The molecule has 0 radical (unpaired) electrons. The Morgan fingerprint density at radius 1 is 1.44 bits per heavy atom. The van der Waals surface area contributed by atoms with E-state index in [4.69, 9.17) is 0 Å². The van der Waals surface area contributed by atoms with Crippen molar-refractivity contribution in [3.8, 4) is 0 Å². The maximum atomic E-state index is 10.9. The summed E-state index contributed by atoms with van der Waals surface area (Å²) in [6, 6.07) is 0.538. The Hall–Kier alpha value is -0.370. The second kappa shape index (κ2) is 1.81. The SMILES string of the molecule is O=C1C[C@H]2CN[C@@H](C1)C2. The van der Waals surface area contributed by atoms with Crippen LogP contribution in [0, 0.1) is 5.92 Å². The van der Waals surface area contributed by atoms with Crippen LogP contribution >= 0.6 is 0 Å². The number of ketones is 1. The van der Waals surface area contributed by atoms with Crippen LogP contribution in [0.2, 0.25) is 0 Å². The molecule has 0 aromatic carbocycles. The molecule has 9 heavy (non-hydrogen) atoms. The molecular weight excluding hydrogens is 114 g/mol. The lowest BCUT2D eigenvalue weighted by Gasteiger charge is -2.14. The minimum atomic E-state index is 0.459. The van der Waals surface area contributed by atoms with Gasteiger partial charge in [-0.3, -0.25) is 4.79 Å². The van der Waals surface area contributed by atoms with E-state index in [1.165, 1.54) is 6.42 Å². The van der Waals surface area contributed by atoms with E-state index in [0.717, 1.165) is 19.4 Å². The van der Waals surface area contributed by atoms with E-state index in [9.17, 15) is 4.79 Å². The third kappa shape index (κ3) is 0.874. The fourth-order valence-corrected chi connectivity index (χ4v) is 1.89. The van der Waals surface area contributed by atoms with Crippen LogP contribution in [0.5, 0.6) is 0 Å². The normalized spacial score (nSPS) is 41.6. The van der Waals surface area contributed by atoms with Crippen LogP contribution in [0.15, 0.2) is 0 Å². The molecule has 0 aromatic rings. The van der Waals surface area contributed by atoms with E-state index in [-0.39, 0.29) is 0 Å². The smallest absolute Gasteiger partial charge is 0.134 e. The van der Waals surface area contributed by atoms with Crippen LogP contribution in [0.4, 0.5) is 0 Å². The molecule has 50 valence electrons.